The molecule has 0 radical (unpaired) electrons. The van der Waals surface area contributed by atoms with Gasteiger partial charge >= 0.3 is 11.9 Å². The fraction of sp³-hybridized carbons (Fsp3) is 0.0370. The van der Waals surface area contributed by atoms with E-state index < -0.39 is 17.4 Å². The van der Waals surface area contributed by atoms with E-state index in [0.717, 1.165) is 33.4 Å². The maximum absolute atomic E-state index is 12.9. The molecule has 30 heavy (non-hydrogen) atoms. The van der Waals surface area contributed by atoms with E-state index in [4.69, 9.17) is 4.74 Å². The molecule has 0 atom stereocenters. The van der Waals surface area contributed by atoms with Crippen LogP contribution in [0.1, 0.15) is 43.0 Å². The molecule has 0 unspecified atom stereocenters. The standard InChI is InChI=1S/C27H16O3/c28-25-21-16-15-20-19-13-7-8-14-22(19)27(17-9-3-1-4-10-17,18-11-5-2-6-12-18)24(20)23(21)26(29)30-25/h1-16H. The lowest BCUT2D eigenvalue weighted by Crippen LogP contribution is -2.30. The van der Waals surface area contributed by atoms with Crippen molar-refractivity contribution in [3.05, 3.63) is 130 Å². The summed E-state index contributed by atoms with van der Waals surface area (Å²) in [5.41, 5.74) is 6.03. The Morgan fingerprint density at radius 1 is 0.533 bits per heavy atom. The lowest BCUT2D eigenvalue weighted by Gasteiger charge is -2.34. The van der Waals surface area contributed by atoms with E-state index in [1.54, 1.807) is 6.07 Å². The molecule has 0 saturated heterocycles. The average Bonchev–Trinajstić information content (AvgIpc) is 3.27. The smallest absolute Gasteiger partial charge is 0.347 e. The van der Waals surface area contributed by atoms with E-state index in [1.807, 2.05) is 54.6 Å². The predicted octanol–water partition coefficient (Wildman–Crippen LogP) is 5.36. The highest BCUT2D eigenvalue weighted by Gasteiger charge is 2.51. The summed E-state index contributed by atoms with van der Waals surface area (Å²) in [5, 5.41) is 0. The van der Waals surface area contributed by atoms with Crippen molar-refractivity contribution in [3.63, 3.8) is 0 Å². The molecule has 3 nitrogen and oxygen atoms in total. The van der Waals surface area contributed by atoms with Crippen molar-refractivity contribution in [1.29, 1.82) is 0 Å². The number of fused-ring (bicyclic) bond motifs is 5. The Kier molecular flexibility index (Phi) is 3.39. The van der Waals surface area contributed by atoms with Crippen molar-refractivity contribution in [2.24, 2.45) is 0 Å². The van der Waals surface area contributed by atoms with Crippen LogP contribution < -0.4 is 0 Å². The van der Waals surface area contributed by atoms with Gasteiger partial charge in [-0.15, -0.1) is 0 Å². The molecule has 0 amide bonds. The molecule has 1 aliphatic heterocycles. The van der Waals surface area contributed by atoms with E-state index in [9.17, 15) is 9.59 Å². The molecule has 3 heteroatoms. The number of hydrogen-bond donors (Lipinski definition) is 0. The zero-order chi connectivity index (χ0) is 20.3. The molecule has 0 bridgehead atoms. The van der Waals surface area contributed by atoms with Gasteiger partial charge in [0.25, 0.3) is 0 Å². The Balaban J connectivity index is 1.86. The SMILES string of the molecule is O=C1OC(=O)c2c1ccc1c2C(c2ccccc2)(c2ccccc2)c2ccccc2-1. The van der Waals surface area contributed by atoms with Crippen LogP contribution in [-0.4, -0.2) is 11.9 Å². The van der Waals surface area contributed by atoms with Crippen molar-refractivity contribution in [2.45, 2.75) is 5.41 Å². The highest BCUT2D eigenvalue weighted by Crippen LogP contribution is 2.58. The number of cyclic esters (lactones) is 2. The molecule has 142 valence electrons. The van der Waals surface area contributed by atoms with Crippen LogP contribution >= 0.6 is 0 Å². The van der Waals surface area contributed by atoms with Gasteiger partial charge < -0.3 is 4.74 Å². The van der Waals surface area contributed by atoms with E-state index >= 15 is 0 Å². The largest absolute Gasteiger partial charge is 0.386 e. The molecule has 0 saturated carbocycles. The lowest BCUT2D eigenvalue weighted by atomic mass is 9.66. The van der Waals surface area contributed by atoms with Gasteiger partial charge in [-0.25, -0.2) is 9.59 Å². The number of carbonyl (C=O) groups excluding carboxylic acids is 2. The molecule has 0 aromatic heterocycles. The number of rotatable bonds is 2. The first kappa shape index (κ1) is 16.9. The third-order valence-electron chi connectivity index (χ3n) is 6.22. The van der Waals surface area contributed by atoms with E-state index in [2.05, 4.69) is 36.4 Å². The molecule has 0 N–H and O–H groups in total. The molecule has 4 aromatic rings. The van der Waals surface area contributed by atoms with Gasteiger partial charge in [0.15, 0.2) is 0 Å². The van der Waals surface area contributed by atoms with Crippen LogP contribution in [0.2, 0.25) is 0 Å². The summed E-state index contributed by atoms with van der Waals surface area (Å²) < 4.78 is 5.04. The summed E-state index contributed by atoms with van der Waals surface area (Å²) >= 11 is 0. The van der Waals surface area contributed by atoms with Gasteiger partial charge in [-0.1, -0.05) is 91.0 Å². The van der Waals surface area contributed by atoms with Gasteiger partial charge in [-0.3, -0.25) is 0 Å². The Bertz CT molecular complexity index is 1300. The first-order valence-electron chi connectivity index (χ1n) is 9.88. The fourth-order valence-electron chi connectivity index (χ4n) is 5.11. The number of benzene rings is 4. The summed E-state index contributed by atoms with van der Waals surface area (Å²) in [6.45, 7) is 0. The monoisotopic (exact) mass is 388 g/mol. The third kappa shape index (κ3) is 1.99. The van der Waals surface area contributed by atoms with Gasteiger partial charge in [0.1, 0.15) is 0 Å². The highest BCUT2D eigenvalue weighted by atomic mass is 16.6. The van der Waals surface area contributed by atoms with Crippen LogP contribution in [0.15, 0.2) is 97.1 Å². The highest BCUT2D eigenvalue weighted by molar-refractivity contribution is 6.17. The minimum absolute atomic E-state index is 0.336. The van der Waals surface area contributed by atoms with Crippen LogP contribution in [-0.2, 0) is 10.2 Å². The number of esters is 2. The van der Waals surface area contributed by atoms with Gasteiger partial charge in [-0.05, 0) is 39.4 Å². The zero-order valence-electron chi connectivity index (χ0n) is 16.0. The molecule has 0 fully saturated rings. The van der Waals surface area contributed by atoms with Gasteiger partial charge in [0.05, 0.1) is 16.5 Å². The van der Waals surface area contributed by atoms with Crippen LogP contribution in [0.25, 0.3) is 11.1 Å². The van der Waals surface area contributed by atoms with Crippen LogP contribution in [0.3, 0.4) is 0 Å². The van der Waals surface area contributed by atoms with Crippen molar-refractivity contribution < 1.29 is 14.3 Å². The van der Waals surface area contributed by atoms with Crippen LogP contribution in [0, 0.1) is 0 Å². The topological polar surface area (TPSA) is 43.4 Å². The molecule has 4 aromatic carbocycles. The summed E-state index contributed by atoms with van der Waals surface area (Å²) in [6, 6.07) is 32.2. The minimum Gasteiger partial charge on any atom is -0.386 e. The van der Waals surface area contributed by atoms with E-state index in [-0.39, 0.29) is 0 Å². The average molecular weight is 388 g/mol. The van der Waals surface area contributed by atoms with Crippen LogP contribution in [0.4, 0.5) is 0 Å². The van der Waals surface area contributed by atoms with E-state index in [0.29, 0.717) is 11.1 Å². The predicted molar refractivity (Wildman–Crippen MR) is 113 cm³/mol. The maximum atomic E-state index is 12.9. The first-order chi connectivity index (χ1) is 14.7. The fourth-order valence-corrected chi connectivity index (χ4v) is 5.11. The molecule has 1 heterocycles. The molecule has 6 rings (SSSR count). The molecular weight excluding hydrogens is 372 g/mol. The number of carbonyl (C=O) groups is 2. The second kappa shape index (κ2) is 6.01. The molecule has 2 aliphatic rings. The van der Waals surface area contributed by atoms with Crippen molar-refractivity contribution in [2.75, 3.05) is 0 Å². The zero-order valence-corrected chi connectivity index (χ0v) is 16.0. The number of hydrogen-bond acceptors (Lipinski definition) is 3. The maximum Gasteiger partial charge on any atom is 0.347 e. The molecule has 0 spiro atoms. The Hall–Kier alpha value is -3.98. The van der Waals surface area contributed by atoms with Crippen molar-refractivity contribution >= 4 is 11.9 Å². The second-order valence-electron chi connectivity index (χ2n) is 7.62. The lowest BCUT2D eigenvalue weighted by molar-refractivity contribution is 0.0443. The minimum atomic E-state index is -0.719. The third-order valence-corrected chi connectivity index (χ3v) is 6.22. The Morgan fingerprint density at radius 3 is 1.77 bits per heavy atom. The van der Waals surface area contributed by atoms with Crippen LogP contribution in [0.5, 0.6) is 0 Å². The van der Waals surface area contributed by atoms with E-state index in [1.165, 1.54) is 0 Å². The number of ether oxygens (including phenoxy) is 1. The Labute approximate surface area is 173 Å². The van der Waals surface area contributed by atoms with Crippen molar-refractivity contribution in [3.8, 4) is 11.1 Å². The van der Waals surface area contributed by atoms with Gasteiger partial charge in [-0.2, -0.15) is 0 Å². The Morgan fingerprint density at radius 2 is 1.10 bits per heavy atom. The quantitative estimate of drug-likeness (QED) is 0.302. The van der Waals surface area contributed by atoms with Crippen molar-refractivity contribution in [1.82, 2.24) is 0 Å². The molecular formula is C27H16O3. The second-order valence-corrected chi connectivity index (χ2v) is 7.62. The summed E-state index contributed by atoms with van der Waals surface area (Å²) in [6.07, 6.45) is 0. The van der Waals surface area contributed by atoms with Gasteiger partial charge in [0, 0.05) is 0 Å². The summed E-state index contributed by atoms with van der Waals surface area (Å²) in [7, 11) is 0. The van der Waals surface area contributed by atoms with Gasteiger partial charge in [0.2, 0.25) is 0 Å². The summed E-state index contributed by atoms with van der Waals surface area (Å²) in [4.78, 5) is 25.3. The first-order valence-corrected chi connectivity index (χ1v) is 9.88. The molecule has 1 aliphatic carbocycles. The normalized spacial score (nSPS) is 15.3. The summed E-state index contributed by atoms with van der Waals surface area (Å²) in [5.74, 6) is -1.15.